The van der Waals surface area contributed by atoms with Gasteiger partial charge in [0, 0.05) is 24.7 Å². The van der Waals surface area contributed by atoms with Gasteiger partial charge >= 0.3 is 5.97 Å². The number of carbonyl (C=O) groups is 1. The summed E-state index contributed by atoms with van der Waals surface area (Å²) in [6.07, 6.45) is 3.07. The third kappa shape index (κ3) is 4.59. The number of rotatable bonds is 8. The van der Waals surface area contributed by atoms with Crippen LogP contribution >= 0.6 is 0 Å². The van der Waals surface area contributed by atoms with E-state index in [1.165, 1.54) is 0 Å². The lowest BCUT2D eigenvalue weighted by molar-refractivity contribution is 0.0690. The maximum Gasteiger partial charge on any atom is 0.356 e. The number of para-hydroxylation sites is 1. The van der Waals surface area contributed by atoms with Crippen molar-refractivity contribution in [2.24, 2.45) is 0 Å². The molecule has 174 valence electrons. The fourth-order valence-corrected chi connectivity index (χ4v) is 4.15. The molecule has 0 bridgehead atoms. The Morgan fingerprint density at radius 3 is 2.34 bits per heavy atom. The molecule has 0 aliphatic rings. The predicted molar refractivity (Wildman–Crippen MR) is 132 cm³/mol. The third-order valence-electron chi connectivity index (χ3n) is 5.81. The monoisotopic (exact) mass is 464 g/mol. The van der Waals surface area contributed by atoms with E-state index in [1.54, 1.807) is 10.9 Å². The summed E-state index contributed by atoms with van der Waals surface area (Å²) in [5.41, 5.74) is 5.01. The highest BCUT2D eigenvalue weighted by atomic mass is 16.4. The molecule has 0 aliphatic heterocycles. The van der Waals surface area contributed by atoms with Gasteiger partial charge in [-0.2, -0.15) is 4.68 Å². The molecule has 0 fully saturated rings. The summed E-state index contributed by atoms with van der Waals surface area (Å²) in [7, 11) is 0. The highest BCUT2D eigenvalue weighted by molar-refractivity contribution is 5.85. The van der Waals surface area contributed by atoms with Crippen molar-refractivity contribution in [2.75, 3.05) is 0 Å². The van der Waals surface area contributed by atoms with E-state index >= 15 is 0 Å². The molecule has 0 saturated heterocycles. The Labute approximate surface area is 202 Å². The van der Waals surface area contributed by atoms with E-state index < -0.39 is 5.97 Å². The molecule has 0 aliphatic carbocycles. The van der Waals surface area contributed by atoms with Crippen LogP contribution in [0.15, 0.2) is 85.1 Å². The van der Waals surface area contributed by atoms with Gasteiger partial charge in [-0.1, -0.05) is 73.7 Å². The third-order valence-corrected chi connectivity index (χ3v) is 5.81. The number of tetrazole rings is 1. The number of aromatic carboxylic acids is 1. The fraction of sp³-hybridized carbons (Fsp3) is 0.148. The van der Waals surface area contributed by atoms with Gasteiger partial charge in [0.15, 0.2) is 11.5 Å². The second-order valence-corrected chi connectivity index (χ2v) is 8.21. The molecule has 35 heavy (non-hydrogen) atoms. The first-order chi connectivity index (χ1) is 17.1. The maximum atomic E-state index is 11.4. The Bertz CT molecular complexity index is 1450. The molecule has 0 unspecified atom stereocenters. The van der Waals surface area contributed by atoms with Crippen LogP contribution < -0.4 is 0 Å². The highest BCUT2D eigenvalue weighted by Crippen LogP contribution is 2.32. The smallest absolute Gasteiger partial charge is 0.356 e. The van der Waals surface area contributed by atoms with Crippen LogP contribution in [0.25, 0.3) is 28.2 Å². The van der Waals surface area contributed by atoms with Crippen LogP contribution in [-0.4, -0.2) is 40.8 Å². The van der Waals surface area contributed by atoms with E-state index in [-0.39, 0.29) is 5.69 Å². The normalized spacial score (nSPS) is 11.0. The molecular weight excluding hydrogens is 440 g/mol. The summed E-state index contributed by atoms with van der Waals surface area (Å²) >= 11 is 0. The molecule has 2 heterocycles. The zero-order valence-electron chi connectivity index (χ0n) is 19.2. The minimum absolute atomic E-state index is 0.0788. The summed E-state index contributed by atoms with van der Waals surface area (Å²) in [6.45, 7) is 2.79. The summed E-state index contributed by atoms with van der Waals surface area (Å²) in [6, 6.07) is 26.1. The molecule has 1 N–H and O–H groups in total. The van der Waals surface area contributed by atoms with Crippen LogP contribution in [0.5, 0.6) is 0 Å². The molecule has 0 amide bonds. The molecule has 0 radical (unpaired) electrons. The molecule has 0 spiro atoms. The van der Waals surface area contributed by atoms with Gasteiger partial charge in [-0.25, -0.2) is 9.78 Å². The molecule has 0 saturated carbocycles. The van der Waals surface area contributed by atoms with E-state index in [9.17, 15) is 9.90 Å². The Morgan fingerprint density at radius 2 is 1.63 bits per heavy atom. The summed E-state index contributed by atoms with van der Waals surface area (Å²) in [5, 5.41) is 21.8. The van der Waals surface area contributed by atoms with E-state index in [2.05, 4.69) is 57.8 Å². The standard InChI is InChI=1S/C27H24N6O2/c1-2-16-32-18-24(27(34)35)28-25(32)17-19-12-14-20(15-13-19)22-10-6-7-11-23(22)26-29-30-31-33(26)21-8-4-3-5-9-21/h3-15,18H,2,16-17H2,1H3,(H,34,35). The van der Waals surface area contributed by atoms with Crippen LogP contribution in [0.3, 0.4) is 0 Å². The number of aromatic nitrogens is 6. The number of nitrogens with zero attached hydrogens (tertiary/aromatic N) is 6. The van der Waals surface area contributed by atoms with Crippen LogP contribution in [0.2, 0.25) is 0 Å². The summed E-state index contributed by atoms with van der Waals surface area (Å²) in [4.78, 5) is 15.7. The van der Waals surface area contributed by atoms with Crippen molar-refractivity contribution in [3.8, 4) is 28.2 Å². The van der Waals surface area contributed by atoms with Gasteiger partial charge < -0.3 is 9.67 Å². The number of aryl methyl sites for hydroxylation is 1. The van der Waals surface area contributed by atoms with Gasteiger partial charge in [0.1, 0.15) is 5.82 Å². The Morgan fingerprint density at radius 1 is 0.914 bits per heavy atom. The summed E-state index contributed by atoms with van der Waals surface area (Å²) in [5.74, 6) is 0.406. The highest BCUT2D eigenvalue weighted by Gasteiger charge is 2.16. The lowest BCUT2D eigenvalue weighted by atomic mass is 9.97. The van der Waals surface area contributed by atoms with Crippen molar-refractivity contribution in [3.63, 3.8) is 0 Å². The van der Waals surface area contributed by atoms with Crippen molar-refractivity contribution in [1.29, 1.82) is 0 Å². The average molecular weight is 465 g/mol. The molecule has 8 nitrogen and oxygen atoms in total. The van der Waals surface area contributed by atoms with Gasteiger partial charge in [-0.3, -0.25) is 0 Å². The first kappa shape index (κ1) is 22.2. The van der Waals surface area contributed by atoms with Gasteiger partial charge in [0.2, 0.25) is 0 Å². The number of benzene rings is 3. The first-order valence-corrected chi connectivity index (χ1v) is 11.5. The molecule has 5 rings (SSSR count). The first-order valence-electron chi connectivity index (χ1n) is 11.5. The average Bonchev–Trinajstić information content (AvgIpc) is 3.53. The lowest BCUT2D eigenvalue weighted by Gasteiger charge is -2.11. The predicted octanol–water partition coefficient (Wildman–Crippen LogP) is 4.89. The van der Waals surface area contributed by atoms with Gasteiger partial charge in [-0.05, 0) is 45.7 Å². The van der Waals surface area contributed by atoms with Crippen molar-refractivity contribution < 1.29 is 9.90 Å². The number of imidazole rings is 1. The minimum atomic E-state index is -1.01. The Balaban J connectivity index is 1.46. The number of carboxylic acids is 1. The van der Waals surface area contributed by atoms with Crippen molar-refractivity contribution in [2.45, 2.75) is 26.3 Å². The molecule has 5 aromatic rings. The molecule has 2 aromatic heterocycles. The van der Waals surface area contributed by atoms with Crippen LogP contribution in [0, 0.1) is 0 Å². The second-order valence-electron chi connectivity index (χ2n) is 8.21. The quantitative estimate of drug-likeness (QED) is 0.351. The van der Waals surface area contributed by atoms with Gasteiger partial charge in [0.05, 0.1) is 5.69 Å². The Kier molecular flexibility index (Phi) is 6.17. The van der Waals surface area contributed by atoms with E-state index in [4.69, 9.17) is 0 Å². The van der Waals surface area contributed by atoms with Gasteiger partial charge in [0.25, 0.3) is 0 Å². The van der Waals surface area contributed by atoms with E-state index in [0.29, 0.717) is 12.2 Å². The fourth-order valence-electron chi connectivity index (χ4n) is 4.15. The maximum absolute atomic E-state index is 11.4. The van der Waals surface area contributed by atoms with Crippen molar-refractivity contribution >= 4 is 5.97 Å². The van der Waals surface area contributed by atoms with E-state index in [0.717, 1.165) is 46.7 Å². The van der Waals surface area contributed by atoms with Crippen LogP contribution in [0.4, 0.5) is 0 Å². The SMILES string of the molecule is CCCn1cc(C(=O)O)nc1Cc1ccc(-c2ccccc2-c2nnnn2-c2ccccc2)cc1. The minimum Gasteiger partial charge on any atom is -0.476 e. The second kappa shape index (κ2) is 9.72. The topological polar surface area (TPSA) is 98.7 Å². The zero-order valence-corrected chi connectivity index (χ0v) is 19.2. The van der Waals surface area contributed by atoms with Crippen LogP contribution in [-0.2, 0) is 13.0 Å². The summed E-state index contributed by atoms with van der Waals surface area (Å²) < 4.78 is 3.66. The Hall–Kier alpha value is -4.59. The van der Waals surface area contributed by atoms with Crippen molar-refractivity contribution in [3.05, 3.63) is 102 Å². The lowest BCUT2D eigenvalue weighted by Crippen LogP contribution is -2.03. The number of carboxylic acid groups (broad SMARTS) is 1. The molecule has 3 aromatic carbocycles. The number of hydrogen-bond acceptors (Lipinski definition) is 5. The largest absolute Gasteiger partial charge is 0.476 e. The van der Waals surface area contributed by atoms with Crippen molar-refractivity contribution in [1.82, 2.24) is 29.8 Å². The molecule has 0 atom stereocenters. The molecule has 8 heteroatoms. The number of hydrogen-bond donors (Lipinski definition) is 1. The molecular formula is C27H24N6O2. The van der Waals surface area contributed by atoms with Gasteiger partial charge in [-0.15, -0.1) is 5.10 Å². The van der Waals surface area contributed by atoms with Crippen LogP contribution in [0.1, 0.15) is 35.2 Å². The van der Waals surface area contributed by atoms with E-state index in [1.807, 2.05) is 53.1 Å². The zero-order chi connectivity index (χ0) is 24.2.